The van der Waals surface area contributed by atoms with E-state index in [0.717, 1.165) is 11.9 Å². The van der Waals surface area contributed by atoms with Gasteiger partial charge < -0.3 is 4.90 Å². The van der Waals surface area contributed by atoms with Crippen LogP contribution in [0.15, 0.2) is 24.7 Å². The normalized spacial score (nSPS) is 10.7. The van der Waals surface area contributed by atoms with E-state index in [-0.39, 0.29) is 11.1 Å². The number of nitrogens with zero attached hydrogens (tertiary/aromatic N) is 4. The highest BCUT2D eigenvalue weighted by Crippen LogP contribution is 2.25. The molecule has 21 heavy (non-hydrogen) atoms. The molecule has 0 atom stereocenters. The number of anilines is 1. The molecule has 0 radical (unpaired) electrons. The Morgan fingerprint density at radius 2 is 2.29 bits per heavy atom. The summed E-state index contributed by atoms with van der Waals surface area (Å²) in [6, 6.07) is 1.29. The average Bonchev–Trinajstić information content (AvgIpc) is 2.86. The van der Waals surface area contributed by atoms with E-state index in [4.69, 9.17) is 11.6 Å². The highest BCUT2D eigenvalue weighted by atomic mass is 35.5. The Morgan fingerprint density at radius 3 is 2.95 bits per heavy atom. The first-order valence-corrected chi connectivity index (χ1v) is 7.91. The van der Waals surface area contributed by atoms with Gasteiger partial charge in [0.1, 0.15) is 11.5 Å². The van der Waals surface area contributed by atoms with Crippen LogP contribution < -0.4 is 4.90 Å². The zero-order chi connectivity index (χ0) is 15.4. The molecule has 0 saturated carbocycles. The fourth-order valence-corrected chi connectivity index (χ4v) is 2.35. The zero-order valence-corrected chi connectivity index (χ0v) is 13.2. The molecule has 2 aromatic heterocycles. The van der Waals surface area contributed by atoms with Gasteiger partial charge in [-0.3, -0.25) is 9.78 Å². The molecule has 0 N–H and O–H groups in total. The first-order valence-electron chi connectivity index (χ1n) is 6.14. The Hall–Kier alpha value is -1.60. The number of thioether (sulfide) groups is 1. The van der Waals surface area contributed by atoms with Crippen LogP contribution in [0, 0.1) is 5.82 Å². The van der Waals surface area contributed by atoms with Crippen molar-refractivity contribution in [3.63, 3.8) is 0 Å². The van der Waals surface area contributed by atoms with Gasteiger partial charge in [0.15, 0.2) is 5.15 Å². The number of pyridine rings is 1. The molecule has 0 fully saturated rings. The van der Waals surface area contributed by atoms with Crippen molar-refractivity contribution in [3.8, 4) is 5.69 Å². The lowest BCUT2D eigenvalue weighted by Gasteiger charge is -2.14. The molecule has 2 aromatic rings. The molecule has 0 aliphatic heterocycles. The number of hydrogen-bond donors (Lipinski definition) is 0. The summed E-state index contributed by atoms with van der Waals surface area (Å²) in [4.78, 5) is 17.2. The Labute approximate surface area is 131 Å². The third kappa shape index (κ3) is 3.74. The van der Waals surface area contributed by atoms with Crippen molar-refractivity contribution >= 4 is 35.0 Å². The number of carbonyl (C=O) groups excluding carboxylic acids is 1. The Balaban J connectivity index is 2.25. The molecule has 0 aliphatic rings. The van der Waals surface area contributed by atoms with Crippen molar-refractivity contribution in [1.29, 1.82) is 0 Å². The predicted octanol–water partition coefficient (Wildman–Crippen LogP) is 2.78. The third-order valence-corrected chi connectivity index (χ3v) is 3.74. The van der Waals surface area contributed by atoms with Crippen molar-refractivity contribution < 1.29 is 9.18 Å². The molecule has 2 heterocycles. The second kappa shape index (κ2) is 6.91. The van der Waals surface area contributed by atoms with Crippen LogP contribution in [0.1, 0.15) is 6.42 Å². The van der Waals surface area contributed by atoms with Crippen molar-refractivity contribution in [2.24, 2.45) is 0 Å². The molecule has 8 heteroatoms. The van der Waals surface area contributed by atoms with E-state index in [2.05, 4.69) is 10.1 Å². The Kier molecular flexibility index (Phi) is 5.19. The van der Waals surface area contributed by atoms with Crippen molar-refractivity contribution in [3.05, 3.63) is 35.6 Å². The van der Waals surface area contributed by atoms with E-state index in [1.165, 1.54) is 21.8 Å². The summed E-state index contributed by atoms with van der Waals surface area (Å²) in [6.07, 6.45) is 6.50. The Morgan fingerprint density at radius 1 is 1.52 bits per heavy atom. The average molecular weight is 329 g/mol. The van der Waals surface area contributed by atoms with Gasteiger partial charge in [-0.2, -0.15) is 16.9 Å². The maximum atomic E-state index is 13.2. The van der Waals surface area contributed by atoms with Crippen LogP contribution in [0.5, 0.6) is 0 Å². The van der Waals surface area contributed by atoms with Gasteiger partial charge in [-0.1, -0.05) is 11.6 Å². The van der Waals surface area contributed by atoms with Gasteiger partial charge in [0, 0.05) is 25.3 Å². The lowest BCUT2D eigenvalue weighted by Crippen LogP contribution is -2.26. The van der Waals surface area contributed by atoms with Gasteiger partial charge in [-0.15, -0.1) is 0 Å². The van der Waals surface area contributed by atoms with Crippen LogP contribution in [0.25, 0.3) is 5.69 Å². The molecule has 0 bridgehead atoms. The predicted molar refractivity (Wildman–Crippen MR) is 82.7 cm³/mol. The lowest BCUT2D eigenvalue weighted by atomic mass is 10.4. The van der Waals surface area contributed by atoms with E-state index in [9.17, 15) is 9.18 Å². The van der Waals surface area contributed by atoms with Gasteiger partial charge in [0.05, 0.1) is 24.3 Å². The standard InChI is InChI=1S/C13H14ClFN4OS/c1-18(12(20)3-4-21-2)11-8-19(17-13(11)14)10-5-9(15)6-16-7-10/h5-8H,3-4H2,1-2H3. The van der Waals surface area contributed by atoms with Crippen molar-refractivity contribution in [2.75, 3.05) is 24.0 Å². The van der Waals surface area contributed by atoms with E-state index in [1.54, 1.807) is 25.0 Å². The van der Waals surface area contributed by atoms with Crippen LogP contribution in [-0.4, -0.2) is 39.7 Å². The largest absolute Gasteiger partial charge is 0.311 e. The van der Waals surface area contributed by atoms with Crippen LogP contribution in [0.3, 0.4) is 0 Å². The van der Waals surface area contributed by atoms with Crippen molar-refractivity contribution in [2.45, 2.75) is 6.42 Å². The molecule has 0 unspecified atom stereocenters. The summed E-state index contributed by atoms with van der Waals surface area (Å²) in [5.41, 5.74) is 0.917. The number of hydrogen-bond acceptors (Lipinski definition) is 4. The first kappa shape index (κ1) is 15.8. The molecule has 1 amide bonds. The summed E-state index contributed by atoms with van der Waals surface area (Å²) in [5.74, 6) is 0.219. The van der Waals surface area contributed by atoms with Crippen LogP contribution >= 0.6 is 23.4 Å². The number of rotatable bonds is 5. The van der Waals surface area contributed by atoms with Crippen LogP contribution in [0.4, 0.5) is 10.1 Å². The first-order chi connectivity index (χ1) is 10.0. The summed E-state index contributed by atoms with van der Waals surface area (Å²) < 4.78 is 14.6. The topological polar surface area (TPSA) is 51.0 Å². The summed E-state index contributed by atoms with van der Waals surface area (Å²) in [5, 5.41) is 4.26. The van der Waals surface area contributed by atoms with Gasteiger partial charge in [-0.25, -0.2) is 9.07 Å². The fourth-order valence-electron chi connectivity index (χ4n) is 1.72. The molecular weight excluding hydrogens is 315 g/mol. The molecule has 0 saturated heterocycles. The van der Waals surface area contributed by atoms with Crippen LogP contribution in [-0.2, 0) is 4.79 Å². The lowest BCUT2D eigenvalue weighted by molar-refractivity contribution is -0.117. The fraction of sp³-hybridized carbons (Fsp3) is 0.308. The summed E-state index contributed by atoms with van der Waals surface area (Å²) in [7, 11) is 1.64. The van der Waals surface area contributed by atoms with Crippen molar-refractivity contribution in [1.82, 2.24) is 14.8 Å². The minimum Gasteiger partial charge on any atom is -0.311 e. The maximum Gasteiger partial charge on any atom is 0.227 e. The molecular formula is C13H14ClFN4OS. The number of amides is 1. The zero-order valence-electron chi connectivity index (χ0n) is 11.6. The van der Waals surface area contributed by atoms with Gasteiger partial charge >= 0.3 is 0 Å². The van der Waals surface area contributed by atoms with Gasteiger partial charge in [0.25, 0.3) is 0 Å². The molecule has 5 nitrogen and oxygen atoms in total. The van der Waals surface area contributed by atoms with Gasteiger partial charge in [0.2, 0.25) is 5.91 Å². The molecule has 0 spiro atoms. The second-order valence-electron chi connectivity index (χ2n) is 4.31. The summed E-state index contributed by atoms with van der Waals surface area (Å²) in [6.45, 7) is 0. The smallest absolute Gasteiger partial charge is 0.227 e. The highest BCUT2D eigenvalue weighted by molar-refractivity contribution is 7.98. The van der Waals surface area contributed by atoms with E-state index >= 15 is 0 Å². The Bertz CT molecular complexity index is 649. The van der Waals surface area contributed by atoms with E-state index in [0.29, 0.717) is 17.8 Å². The molecule has 0 aromatic carbocycles. The third-order valence-electron chi connectivity index (χ3n) is 2.86. The number of carbonyl (C=O) groups is 1. The number of aromatic nitrogens is 3. The molecule has 2 rings (SSSR count). The molecule has 0 aliphatic carbocycles. The van der Waals surface area contributed by atoms with Crippen LogP contribution in [0.2, 0.25) is 5.15 Å². The maximum absolute atomic E-state index is 13.2. The number of halogens is 2. The van der Waals surface area contributed by atoms with Gasteiger partial charge in [-0.05, 0) is 6.26 Å². The monoisotopic (exact) mass is 328 g/mol. The minimum absolute atomic E-state index is 0.0526. The highest BCUT2D eigenvalue weighted by Gasteiger charge is 2.17. The summed E-state index contributed by atoms with van der Waals surface area (Å²) >= 11 is 7.66. The quantitative estimate of drug-likeness (QED) is 0.847. The van der Waals surface area contributed by atoms with E-state index in [1.807, 2.05) is 6.26 Å². The molecule has 112 valence electrons. The van der Waals surface area contributed by atoms with E-state index < -0.39 is 5.82 Å². The second-order valence-corrected chi connectivity index (χ2v) is 5.65. The SMILES string of the molecule is CSCCC(=O)N(C)c1cn(-c2cncc(F)c2)nc1Cl. The minimum atomic E-state index is -0.468.